The van der Waals surface area contributed by atoms with E-state index in [0.717, 1.165) is 16.0 Å². The van der Waals surface area contributed by atoms with Crippen molar-refractivity contribution in [3.05, 3.63) is 58.1 Å². The second-order valence-corrected chi connectivity index (χ2v) is 6.82. The molecule has 4 heteroatoms. The summed E-state index contributed by atoms with van der Waals surface area (Å²) in [6, 6.07) is 14.5. The maximum atomic E-state index is 5.78. The molecular formula is C17H16Br2O2. The molecule has 3 rings (SSSR count). The molecule has 1 aliphatic heterocycles. The molecule has 1 heterocycles. The minimum absolute atomic E-state index is 0.216. The van der Waals surface area contributed by atoms with E-state index in [1.807, 2.05) is 25.1 Å². The van der Waals surface area contributed by atoms with E-state index >= 15 is 0 Å². The molecule has 0 aromatic heterocycles. The van der Waals surface area contributed by atoms with Crippen molar-refractivity contribution in [2.24, 2.45) is 0 Å². The molecule has 2 unspecified atom stereocenters. The number of hydrogen-bond acceptors (Lipinski definition) is 2. The summed E-state index contributed by atoms with van der Waals surface area (Å²) in [6.45, 7) is 3.36. The van der Waals surface area contributed by atoms with Crippen molar-refractivity contribution >= 4 is 31.9 Å². The molecule has 110 valence electrons. The largest absolute Gasteiger partial charge is 0.493 e. The number of para-hydroxylation sites is 1. The molecule has 0 fully saturated rings. The lowest BCUT2D eigenvalue weighted by atomic mass is 9.93. The molecule has 0 bridgehead atoms. The zero-order chi connectivity index (χ0) is 14.8. The topological polar surface area (TPSA) is 18.5 Å². The van der Waals surface area contributed by atoms with E-state index in [4.69, 9.17) is 9.47 Å². The lowest BCUT2D eigenvalue weighted by Gasteiger charge is -2.18. The minimum atomic E-state index is 0.216. The maximum Gasteiger partial charge on any atom is 0.133 e. The van der Waals surface area contributed by atoms with Crippen LogP contribution in [0.25, 0.3) is 0 Å². The van der Waals surface area contributed by atoms with Crippen molar-refractivity contribution in [1.29, 1.82) is 0 Å². The first-order valence-electron chi connectivity index (χ1n) is 6.98. The van der Waals surface area contributed by atoms with Gasteiger partial charge in [0.1, 0.15) is 11.5 Å². The van der Waals surface area contributed by atoms with Gasteiger partial charge in [0.25, 0.3) is 0 Å². The van der Waals surface area contributed by atoms with Gasteiger partial charge in [-0.3, -0.25) is 0 Å². The van der Waals surface area contributed by atoms with Gasteiger partial charge >= 0.3 is 0 Å². The summed E-state index contributed by atoms with van der Waals surface area (Å²) in [5.74, 6) is 2.20. The average Bonchev–Trinajstić information content (AvgIpc) is 2.93. The van der Waals surface area contributed by atoms with Gasteiger partial charge in [-0.25, -0.2) is 0 Å². The third-order valence-corrected chi connectivity index (χ3v) is 5.45. The predicted molar refractivity (Wildman–Crippen MR) is 91.7 cm³/mol. The Balaban J connectivity index is 1.86. The fraction of sp³-hybridized carbons (Fsp3) is 0.294. The van der Waals surface area contributed by atoms with Gasteiger partial charge in [0.2, 0.25) is 0 Å². The Morgan fingerprint density at radius 1 is 1.29 bits per heavy atom. The van der Waals surface area contributed by atoms with Crippen molar-refractivity contribution < 1.29 is 9.47 Å². The maximum absolute atomic E-state index is 5.78. The third-order valence-electron chi connectivity index (χ3n) is 3.66. The SMILES string of the molecule is CCOc1ccc(C(Br)C2COc3ccccc32)cc1Br. The van der Waals surface area contributed by atoms with Gasteiger partial charge in [-0.05, 0) is 46.6 Å². The highest BCUT2D eigenvalue weighted by molar-refractivity contribution is 9.10. The van der Waals surface area contributed by atoms with Crippen LogP contribution in [-0.2, 0) is 0 Å². The molecule has 21 heavy (non-hydrogen) atoms. The normalized spacial score (nSPS) is 18.0. The number of fused-ring (bicyclic) bond motifs is 1. The summed E-state index contributed by atoms with van der Waals surface area (Å²) in [6.07, 6.45) is 0. The second kappa shape index (κ2) is 6.41. The van der Waals surface area contributed by atoms with Crippen LogP contribution in [0, 0.1) is 0 Å². The molecule has 0 saturated heterocycles. The van der Waals surface area contributed by atoms with Gasteiger partial charge in [0.05, 0.1) is 17.7 Å². The Morgan fingerprint density at radius 3 is 2.86 bits per heavy atom. The fourth-order valence-electron chi connectivity index (χ4n) is 2.62. The van der Waals surface area contributed by atoms with E-state index in [-0.39, 0.29) is 4.83 Å². The van der Waals surface area contributed by atoms with Gasteiger partial charge in [0.15, 0.2) is 0 Å². The van der Waals surface area contributed by atoms with Crippen LogP contribution >= 0.6 is 31.9 Å². The zero-order valence-electron chi connectivity index (χ0n) is 11.7. The smallest absolute Gasteiger partial charge is 0.133 e. The van der Waals surface area contributed by atoms with E-state index in [9.17, 15) is 0 Å². The number of hydrogen-bond donors (Lipinski definition) is 0. The van der Waals surface area contributed by atoms with E-state index in [2.05, 4.69) is 56.1 Å². The second-order valence-electron chi connectivity index (χ2n) is 4.98. The van der Waals surface area contributed by atoms with E-state index in [1.54, 1.807) is 0 Å². The molecule has 2 aromatic rings. The first-order chi connectivity index (χ1) is 10.2. The summed E-state index contributed by atoms with van der Waals surface area (Å²) < 4.78 is 12.3. The zero-order valence-corrected chi connectivity index (χ0v) is 14.9. The van der Waals surface area contributed by atoms with E-state index in [0.29, 0.717) is 19.1 Å². The van der Waals surface area contributed by atoms with Gasteiger partial charge < -0.3 is 9.47 Å². The van der Waals surface area contributed by atoms with Gasteiger partial charge in [0, 0.05) is 16.3 Å². The monoisotopic (exact) mass is 410 g/mol. The summed E-state index contributed by atoms with van der Waals surface area (Å²) in [7, 11) is 0. The van der Waals surface area contributed by atoms with Crippen LogP contribution < -0.4 is 9.47 Å². The molecule has 0 spiro atoms. The lowest BCUT2D eigenvalue weighted by Crippen LogP contribution is -2.08. The Bertz CT molecular complexity index is 642. The molecule has 2 atom stereocenters. The quantitative estimate of drug-likeness (QED) is 0.622. The van der Waals surface area contributed by atoms with Crippen molar-refractivity contribution in [1.82, 2.24) is 0 Å². The molecule has 0 saturated carbocycles. The molecule has 2 nitrogen and oxygen atoms in total. The van der Waals surface area contributed by atoms with Crippen LogP contribution in [0.3, 0.4) is 0 Å². The van der Waals surface area contributed by atoms with Crippen LogP contribution in [0.2, 0.25) is 0 Å². The number of ether oxygens (including phenoxy) is 2. The Morgan fingerprint density at radius 2 is 2.10 bits per heavy atom. The molecule has 0 aliphatic carbocycles. The van der Waals surface area contributed by atoms with Crippen molar-refractivity contribution in [2.45, 2.75) is 17.7 Å². The summed E-state index contributed by atoms with van der Waals surface area (Å²) in [4.78, 5) is 0.216. The Labute approximate surface area is 141 Å². The lowest BCUT2D eigenvalue weighted by molar-refractivity contribution is 0.329. The summed E-state index contributed by atoms with van der Waals surface area (Å²) in [5.41, 5.74) is 2.49. The van der Waals surface area contributed by atoms with Crippen LogP contribution in [-0.4, -0.2) is 13.2 Å². The van der Waals surface area contributed by atoms with Crippen LogP contribution in [0.4, 0.5) is 0 Å². The van der Waals surface area contributed by atoms with Crippen molar-refractivity contribution in [3.8, 4) is 11.5 Å². The predicted octanol–water partition coefficient (Wildman–Crippen LogP) is 5.46. The van der Waals surface area contributed by atoms with Gasteiger partial charge in [-0.1, -0.05) is 40.2 Å². The standard InChI is InChI=1S/C17H16Br2O2/c1-2-20-16-8-7-11(9-14(16)18)17(19)13-10-21-15-6-4-3-5-12(13)15/h3-9,13,17H,2,10H2,1H3. The molecular weight excluding hydrogens is 396 g/mol. The highest BCUT2D eigenvalue weighted by Crippen LogP contribution is 2.46. The van der Waals surface area contributed by atoms with Crippen LogP contribution in [0.1, 0.15) is 28.8 Å². The van der Waals surface area contributed by atoms with E-state index < -0.39 is 0 Å². The van der Waals surface area contributed by atoms with Gasteiger partial charge in [-0.2, -0.15) is 0 Å². The van der Waals surface area contributed by atoms with Crippen molar-refractivity contribution in [3.63, 3.8) is 0 Å². The summed E-state index contributed by atoms with van der Waals surface area (Å²) >= 11 is 7.42. The number of benzene rings is 2. The fourth-order valence-corrected chi connectivity index (χ4v) is 3.86. The number of alkyl halides is 1. The minimum Gasteiger partial charge on any atom is -0.493 e. The van der Waals surface area contributed by atoms with Crippen molar-refractivity contribution in [2.75, 3.05) is 13.2 Å². The van der Waals surface area contributed by atoms with E-state index in [1.165, 1.54) is 11.1 Å². The third kappa shape index (κ3) is 2.97. The first kappa shape index (κ1) is 14.9. The Kier molecular flexibility index (Phi) is 4.55. The molecule has 2 aromatic carbocycles. The van der Waals surface area contributed by atoms with Crippen LogP contribution in [0.5, 0.6) is 11.5 Å². The average molecular weight is 412 g/mol. The number of halogens is 2. The summed E-state index contributed by atoms with van der Waals surface area (Å²) in [5, 5.41) is 0. The highest BCUT2D eigenvalue weighted by Gasteiger charge is 2.30. The number of rotatable bonds is 4. The first-order valence-corrected chi connectivity index (χ1v) is 8.69. The molecule has 0 radical (unpaired) electrons. The van der Waals surface area contributed by atoms with Gasteiger partial charge in [-0.15, -0.1) is 0 Å². The highest BCUT2D eigenvalue weighted by atomic mass is 79.9. The van der Waals surface area contributed by atoms with Crippen LogP contribution in [0.15, 0.2) is 46.9 Å². The molecule has 0 N–H and O–H groups in total. The molecule has 1 aliphatic rings. The Hall–Kier alpha value is -1.00. The molecule has 0 amide bonds.